The second-order valence-corrected chi connectivity index (χ2v) is 2.72. The molecule has 58 valence electrons. The zero-order chi connectivity index (χ0) is 8.10. The van der Waals surface area contributed by atoms with Crippen molar-refractivity contribution < 1.29 is 9.53 Å². The summed E-state index contributed by atoms with van der Waals surface area (Å²) >= 11 is 1.58. The van der Waals surface area contributed by atoms with Gasteiger partial charge in [0, 0.05) is 11.6 Å². The van der Waals surface area contributed by atoms with E-state index in [0.717, 1.165) is 11.6 Å². The van der Waals surface area contributed by atoms with Gasteiger partial charge >= 0.3 is 5.97 Å². The molecule has 0 spiro atoms. The van der Waals surface area contributed by atoms with Crippen molar-refractivity contribution >= 4 is 17.3 Å². The van der Waals surface area contributed by atoms with Crippen LogP contribution in [0.3, 0.4) is 0 Å². The Balaban J connectivity index is 2.34. The van der Waals surface area contributed by atoms with Gasteiger partial charge in [-0.25, -0.2) is 4.79 Å². The van der Waals surface area contributed by atoms with E-state index in [4.69, 9.17) is 4.74 Å². The average Bonchev–Trinajstić information content (AvgIpc) is 2.52. The van der Waals surface area contributed by atoms with Crippen LogP contribution in [0, 0.1) is 0 Å². The van der Waals surface area contributed by atoms with E-state index in [1.807, 2.05) is 16.8 Å². The van der Waals surface area contributed by atoms with Crippen LogP contribution in [-0.4, -0.2) is 5.97 Å². The molecule has 0 aliphatic rings. The molecule has 0 N–H and O–H groups in total. The van der Waals surface area contributed by atoms with Crippen LogP contribution in [0.2, 0.25) is 0 Å². The van der Waals surface area contributed by atoms with Gasteiger partial charge in [0.2, 0.25) is 0 Å². The van der Waals surface area contributed by atoms with Crippen molar-refractivity contribution in [3.8, 4) is 0 Å². The summed E-state index contributed by atoms with van der Waals surface area (Å²) in [5.41, 5.74) is 1.02. The number of hydrogen-bond acceptors (Lipinski definition) is 3. The van der Waals surface area contributed by atoms with Gasteiger partial charge in [0.25, 0.3) is 0 Å². The Morgan fingerprint density at radius 1 is 1.82 bits per heavy atom. The lowest BCUT2D eigenvalue weighted by Gasteiger charge is -1.97. The summed E-state index contributed by atoms with van der Waals surface area (Å²) in [6.45, 7) is 3.63. The summed E-state index contributed by atoms with van der Waals surface area (Å²) in [6.07, 6.45) is 1.16. The van der Waals surface area contributed by atoms with E-state index in [1.54, 1.807) is 11.3 Å². The minimum Gasteiger partial charge on any atom is -0.458 e. The molecule has 0 aliphatic heterocycles. The van der Waals surface area contributed by atoms with E-state index in [2.05, 4.69) is 6.58 Å². The van der Waals surface area contributed by atoms with E-state index >= 15 is 0 Å². The Bertz CT molecular complexity index is 239. The minimum atomic E-state index is -0.379. The maximum absolute atomic E-state index is 10.6. The third-order valence-corrected chi connectivity index (χ3v) is 1.86. The predicted molar refractivity (Wildman–Crippen MR) is 44.3 cm³/mol. The summed E-state index contributed by atoms with van der Waals surface area (Å²) in [7, 11) is 0. The SMILES string of the molecule is C=CC(=O)OCc1ccsc1. The summed E-state index contributed by atoms with van der Waals surface area (Å²) < 4.78 is 4.79. The highest BCUT2D eigenvalue weighted by molar-refractivity contribution is 7.07. The first-order chi connectivity index (χ1) is 5.33. The van der Waals surface area contributed by atoms with Crippen LogP contribution in [0.15, 0.2) is 29.5 Å². The average molecular weight is 168 g/mol. The summed E-state index contributed by atoms with van der Waals surface area (Å²) in [5, 5.41) is 3.88. The van der Waals surface area contributed by atoms with Gasteiger partial charge < -0.3 is 4.74 Å². The van der Waals surface area contributed by atoms with Crippen molar-refractivity contribution in [2.45, 2.75) is 6.61 Å². The first-order valence-electron chi connectivity index (χ1n) is 3.13. The number of thiophene rings is 1. The van der Waals surface area contributed by atoms with Crippen molar-refractivity contribution in [1.29, 1.82) is 0 Å². The summed E-state index contributed by atoms with van der Waals surface area (Å²) in [6, 6.07) is 1.92. The fraction of sp³-hybridized carbons (Fsp3) is 0.125. The maximum Gasteiger partial charge on any atom is 0.330 e. The van der Waals surface area contributed by atoms with Crippen molar-refractivity contribution in [3.63, 3.8) is 0 Å². The van der Waals surface area contributed by atoms with E-state index in [1.165, 1.54) is 0 Å². The normalized spacial score (nSPS) is 9.09. The number of carbonyl (C=O) groups excluding carboxylic acids is 1. The van der Waals surface area contributed by atoms with Gasteiger partial charge in [0.1, 0.15) is 6.61 Å². The molecule has 1 heterocycles. The molecule has 0 saturated heterocycles. The predicted octanol–water partition coefficient (Wildman–Crippen LogP) is 1.98. The van der Waals surface area contributed by atoms with Gasteiger partial charge in [0.05, 0.1) is 0 Å². The Labute approximate surface area is 69.1 Å². The first-order valence-corrected chi connectivity index (χ1v) is 4.07. The van der Waals surface area contributed by atoms with E-state index < -0.39 is 0 Å². The number of carbonyl (C=O) groups is 1. The van der Waals surface area contributed by atoms with Gasteiger partial charge in [-0.15, -0.1) is 0 Å². The quantitative estimate of drug-likeness (QED) is 0.509. The molecule has 0 atom stereocenters. The number of esters is 1. The molecule has 1 rings (SSSR count). The standard InChI is InChI=1S/C8H8O2S/c1-2-8(9)10-5-7-3-4-11-6-7/h2-4,6H,1,5H2. The molecule has 11 heavy (non-hydrogen) atoms. The molecule has 0 fully saturated rings. The Morgan fingerprint density at radius 3 is 3.18 bits per heavy atom. The highest BCUT2D eigenvalue weighted by atomic mass is 32.1. The molecule has 0 aromatic carbocycles. The van der Waals surface area contributed by atoms with Gasteiger partial charge in [-0.2, -0.15) is 11.3 Å². The van der Waals surface area contributed by atoms with Crippen molar-refractivity contribution in [1.82, 2.24) is 0 Å². The van der Waals surface area contributed by atoms with Crippen LogP contribution in [0.25, 0.3) is 0 Å². The summed E-state index contributed by atoms with van der Waals surface area (Å²) in [5.74, 6) is -0.379. The second-order valence-electron chi connectivity index (χ2n) is 1.94. The molecule has 0 saturated carbocycles. The van der Waals surface area contributed by atoms with E-state index in [0.29, 0.717) is 6.61 Å². The maximum atomic E-state index is 10.6. The van der Waals surface area contributed by atoms with Crippen LogP contribution in [0.5, 0.6) is 0 Å². The number of ether oxygens (including phenoxy) is 1. The van der Waals surface area contributed by atoms with E-state index in [-0.39, 0.29) is 5.97 Å². The smallest absolute Gasteiger partial charge is 0.330 e. The lowest BCUT2D eigenvalue weighted by Crippen LogP contribution is -1.98. The molecule has 1 aromatic heterocycles. The molecule has 0 amide bonds. The third-order valence-electron chi connectivity index (χ3n) is 1.13. The molecule has 0 aliphatic carbocycles. The molecule has 1 aromatic rings. The molecular formula is C8H8O2S. The molecule has 3 heteroatoms. The van der Waals surface area contributed by atoms with Gasteiger partial charge in [0.15, 0.2) is 0 Å². The lowest BCUT2D eigenvalue weighted by molar-refractivity contribution is -0.138. The van der Waals surface area contributed by atoms with Crippen LogP contribution >= 0.6 is 11.3 Å². The fourth-order valence-corrected chi connectivity index (χ4v) is 1.24. The molecule has 2 nitrogen and oxygen atoms in total. The Kier molecular flexibility index (Phi) is 2.86. The van der Waals surface area contributed by atoms with Crippen LogP contribution in [0.4, 0.5) is 0 Å². The second kappa shape index (κ2) is 3.93. The Hall–Kier alpha value is -1.09. The highest BCUT2D eigenvalue weighted by Crippen LogP contribution is 2.06. The largest absolute Gasteiger partial charge is 0.458 e. The third kappa shape index (κ3) is 2.55. The molecule has 0 bridgehead atoms. The topological polar surface area (TPSA) is 26.3 Å². The minimum absolute atomic E-state index is 0.342. The first kappa shape index (κ1) is 8.01. The molecular weight excluding hydrogens is 160 g/mol. The number of rotatable bonds is 3. The monoisotopic (exact) mass is 168 g/mol. The lowest BCUT2D eigenvalue weighted by atomic mass is 10.4. The number of hydrogen-bond donors (Lipinski definition) is 0. The van der Waals surface area contributed by atoms with Gasteiger partial charge in [-0.3, -0.25) is 0 Å². The van der Waals surface area contributed by atoms with Crippen LogP contribution in [-0.2, 0) is 16.1 Å². The molecule has 0 unspecified atom stereocenters. The van der Waals surface area contributed by atoms with Gasteiger partial charge in [-0.05, 0) is 16.8 Å². The zero-order valence-corrected chi connectivity index (χ0v) is 6.76. The van der Waals surface area contributed by atoms with Gasteiger partial charge in [-0.1, -0.05) is 6.58 Å². The highest BCUT2D eigenvalue weighted by Gasteiger charge is 1.96. The van der Waals surface area contributed by atoms with Crippen LogP contribution in [0.1, 0.15) is 5.56 Å². The Morgan fingerprint density at radius 2 is 2.64 bits per heavy atom. The molecule has 0 radical (unpaired) electrons. The van der Waals surface area contributed by atoms with E-state index in [9.17, 15) is 4.79 Å². The zero-order valence-electron chi connectivity index (χ0n) is 5.95. The van der Waals surface area contributed by atoms with Crippen LogP contribution < -0.4 is 0 Å². The van der Waals surface area contributed by atoms with Crippen molar-refractivity contribution in [2.75, 3.05) is 0 Å². The fourth-order valence-electron chi connectivity index (χ4n) is 0.588. The van der Waals surface area contributed by atoms with Crippen molar-refractivity contribution in [2.24, 2.45) is 0 Å². The summed E-state index contributed by atoms with van der Waals surface area (Å²) in [4.78, 5) is 10.6. The van der Waals surface area contributed by atoms with Crippen molar-refractivity contribution in [3.05, 3.63) is 35.0 Å².